The van der Waals surface area contributed by atoms with Gasteiger partial charge >= 0.3 is 0 Å². The fourth-order valence-corrected chi connectivity index (χ4v) is 2.05. The van der Waals surface area contributed by atoms with E-state index >= 15 is 0 Å². The molecule has 1 atom stereocenters. The van der Waals surface area contributed by atoms with Crippen molar-refractivity contribution in [2.24, 2.45) is 5.92 Å². The fourth-order valence-electron chi connectivity index (χ4n) is 1.88. The van der Waals surface area contributed by atoms with Crippen molar-refractivity contribution in [1.82, 2.24) is 0 Å². The normalized spacial score (nSPS) is 12.4. The van der Waals surface area contributed by atoms with Gasteiger partial charge in [-0.2, -0.15) is 0 Å². The van der Waals surface area contributed by atoms with Gasteiger partial charge in [0, 0.05) is 11.6 Å². The fraction of sp³-hybridized carbons (Fsp3) is 0.571. The standard InChI is InChI=1S/C14H23ClN2/c1-3-5-6-11(4-2)10-17-14-9-12(15)7-8-13(14)16/h7-9,11,17H,3-6,10,16H2,1-2H3. The molecule has 1 aromatic rings. The Morgan fingerprint density at radius 2 is 2.12 bits per heavy atom. The molecule has 1 unspecified atom stereocenters. The van der Waals surface area contributed by atoms with Crippen LogP contribution in [0.1, 0.15) is 39.5 Å². The minimum atomic E-state index is 0.716. The maximum absolute atomic E-state index is 5.95. The maximum atomic E-state index is 5.95. The SMILES string of the molecule is CCCCC(CC)CNc1cc(Cl)ccc1N. The van der Waals surface area contributed by atoms with Gasteiger partial charge in [0.1, 0.15) is 0 Å². The van der Waals surface area contributed by atoms with Gasteiger partial charge in [0.05, 0.1) is 11.4 Å². The highest BCUT2D eigenvalue weighted by molar-refractivity contribution is 6.31. The summed E-state index contributed by atoms with van der Waals surface area (Å²) in [7, 11) is 0. The predicted octanol–water partition coefficient (Wildman–Crippen LogP) is 4.55. The number of nitrogens with one attached hydrogen (secondary N) is 1. The summed E-state index contributed by atoms with van der Waals surface area (Å²) in [5.74, 6) is 0.716. The van der Waals surface area contributed by atoms with Crippen LogP contribution < -0.4 is 11.1 Å². The number of halogens is 1. The molecule has 0 aliphatic heterocycles. The second-order valence-corrected chi connectivity index (χ2v) is 4.97. The summed E-state index contributed by atoms with van der Waals surface area (Å²) in [6.45, 7) is 5.44. The summed E-state index contributed by atoms with van der Waals surface area (Å²) < 4.78 is 0. The molecular weight excluding hydrogens is 232 g/mol. The van der Waals surface area contributed by atoms with Gasteiger partial charge in [-0.1, -0.05) is 44.7 Å². The molecule has 0 heterocycles. The number of hydrogen-bond donors (Lipinski definition) is 2. The molecular formula is C14H23ClN2. The van der Waals surface area contributed by atoms with Gasteiger partial charge in [0.15, 0.2) is 0 Å². The van der Waals surface area contributed by atoms with E-state index in [0.29, 0.717) is 5.92 Å². The Hall–Kier alpha value is -0.890. The van der Waals surface area contributed by atoms with Crippen LogP contribution in [0.5, 0.6) is 0 Å². The van der Waals surface area contributed by atoms with E-state index in [1.165, 1.54) is 25.7 Å². The second-order valence-electron chi connectivity index (χ2n) is 4.53. The van der Waals surface area contributed by atoms with Gasteiger partial charge in [-0.15, -0.1) is 0 Å². The number of unbranched alkanes of at least 4 members (excludes halogenated alkanes) is 1. The lowest BCUT2D eigenvalue weighted by Crippen LogP contribution is -2.14. The average molecular weight is 255 g/mol. The van der Waals surface area contributed by atoms with Crippen LogP contribution in [0.4, 0.5) is 11.4 Å². The Balaban J connectivity index is 2.50. The number of benzene rings is 1. The molecule has 0 radical (unpaired) electrons. The number of nitrogen functional groups attached to an aromatic ring is 1. The molecule has 17 heavy (non-hydrogen) atoms. The van der Waals surface area contributed by atoms with E-state index in [1.807, 2.05) is 18.2 Å². The highest BCUT2D eigenvalue weighted by Crippen LogP contribution is 2.24. The zero-order valence-corrected chi connectivity index (χ0v) is 11.6. The molecule has 1 rings (SSSR count). The largest absolute Gasteiger partial charge is 0.397 e. The van der Waals surface area contributed by atoms with Crippen LogP contribution in [0.3, 0.4) is 0 Å². The lowest BCUT2D eigenvalue weighted by molar-refractivity contribution is 0.473. The van der Waals surface area contributed by atoms with E-state index in [4.69, 9.17) is 17.3 Å². The first-order valence-corrected chi connectivity index (χ1v) is 6.84. The molecule has 0 bridgehead atoms. The van der Waals surface area contributed by atoms with Crippen LogP contribution in [0, 0.1) is 5.92 Å². The summed E-state index contributed by atoms with van der Waals surface area (Å²) in [6.07, 6.45) is 5.04. The minimum Gasteiger partial charge on any atom is -0.397 e. The zero-order chi connectivity index (χ0) is 12.7. The number of nitrogens with two attached hydrogens (primary N) is 1. The number of anilines is 2. The van der Waals surface area contributed by atoms with Crippen molar-refractivity contribution in [3.8, 4) is 0 Å². The van der Waals surface area contributed by atoms with Crippen molar-refractivity contribution >= 4 is 23.0 Å². The average Bonchev–Trinajstić information content (AvgIpc) is 2.33. The van der Waals surface area contributed by atoms with Crippen LogP contribution in [-0.4, -0.2) is 6.54 Å². The van der Waals surface area contributed by atoms with Gasteiger partial charge < -0.3 is 11.1 Å². The first-order valence-electron chi connectivity index (χ1n) is 6.46. The van der Waals surface area contributed by atoms with Crippen LogP contribution >= 0.6 is 11.6 Å². The number of rotatable bonds is 7. The Bertz CT molecular complexity index is 339. The van der Waals surface area contributed by atoms with E-state index in [9.17, 15) is 0 Å². The molecule has 96 valence electrons. The Labute approximate surface area is 110 Å². The zero-order valence-electron chi connectivity index (χ0n) is 10.8. The van der Waals surface area contributed by atoms with Crippen molar-refractivity contribution in [3.05, 3.63) is 23.2 Å². The van der Waals surface area contributed by atoms with Gasteiger partial charge in [0.25, 0.3) is 0 Å². The van der Waals surface area contributed by atoms with Crippen molar-refractivity contribution in [2.75, 3.05) is 17.6 Å². The van der Waals surface area contributed by atoms with E-state index in [-0.39, 0.29) is 0 Å². The first kappa shape index (κ1) is 14.2. The second kappa shape index (κ2) is 7.44. The smallest absolute Gasteiger partial charge is 0.0588 e. The highest BCUT2D eigenvalue weighted by atomic mass is 35.5. The summed E-state index contributed by atoms with van der Waals surface area (Å²) in [5, 5.41) is 4.13. The van der Waals surface area contributed by atoms with E-state index in [1.54, 1.807) is 0 Å². The molecule has 0 amide bonds. The quantitative estimate of drug-likeness (QED) is 0.701. The molecule has 2 nitrogen and oxygen atoms in total. The van der Waals surface area contributed by atoms with Crippen LogP contribution in [0.25, 0.3) is 0 Å². The van der Waals surface area contributed by atoms with Gasteiger partial charge in [-0.3, -0.25) is 0 Å². The van der Waals surface area contributed by atoms with E-state index in [2.05, 4.69) is 19.2 Å². The van der Waals surface area contributed by atoms with E-state index in [0.717, 1.165) is 22.9 Å². The molecule has 0 saturated heterocycles. The number of hydrogen-bond acceptors (Lipinski definition) is 2. The topological polar surface area (TPSA) is 38.0 Å². The highest BCUT2D eigenvalue weighted by Gasteiger charge is 2.07. The summed E-state index contributed by atoms with van der Waals surface area (Å²) in [5.41, 5.74) is 7.61. The molecule has 0 saturated carbocycles. The molecule has 3 N–H and O–H groups in total. The monoisotopic (exact) mass is 254 g/mol. The van der Waals surface area contributed by atoms with Crippen molar-refractivity contribution in [3.63, 3.8) is 0 Å². The molecule has 3 heteroatoms. The molecule has 0 aromatic heterocycles. The molecule has 0 spiro atoms. The lowest BCUT2D eigenvalue weighted by atomic mass is 9.99. The predicted molar refractivity (Wildman–Crippen MR) is 77.7 cm³/mol. The van der Waals surface area contributed by atoms with E-state index < -0.39 is 0 Å². The third kappa shape index (κ3) is 4.86. The molecule has 0 aliphatic rings. The van der Waals surface area contributed by atoms with Crippen molar-refractivity contribution < 1.29 is 0 Å². The van der Waals surface area contributed by atoms with Crippen LogP contribution in [-0.2, 0) is 0 Å². The van der Waals surface area contributed by atoms with Crippen molar-refractivity contribution in [2.45, 2.75) is 39.5 Å². The molecule has 0 fully saturated rings. The summed E-state index contributed by atoms with van der Waals surface area (Å²) in [6, 6.07) is 5.55. The molecule has 1 aromatic carbocycles. The van der Waals surface area contributed by atoms with Gasteiger partial charge in [-0.05, 0) is 30.5 Å². The minimum absolute atomic E-state index is 0.716. The van der Waals surface area contributed by atoms with Gasteiger partial charge in [0.2, 0.25) is 0 Å². The third-order valence-electron chi connectivity index (χ3n) is 3.14. The Morgan fingerprint density at radius 1 is 1.35 bits per heavy atom. The van der Waals surface area contributed by atoms with Crippen LogP contribution in [0.2, 0.25) is 5.02 Å². The summed E-state index contributed by atoms with van der Waals surface area (Å²) >= 11 is 5.95. The maximum Gasteiger partial charge on any atom is 0.0588 e. The lowest BCUT2D eigenvalue weighted by Gasteiger charge is -2.17. The van der Waals surface area contributed by atoms with Crippen LogP contribution in [0.15, 0.2) is 18.2 Å². The molecule has 0 aliphatic carbocycles. The third-order valence-corrected chi connectivity index (χ3v) is 3.37. The Kier molecular flexibility index (Phi) is 6.20. The summed E-state index contributed by atoms with van der Waals surface area (Å²) in [4.78, 5) is 0. The van der Waals surface area contributed by atoms with Gasteiger partial charge in [-0.25, -0.2) is 0 Å². The first-order chi connectivity index (χ1) is 8.17. The van der Waals surface area contributed by atoms with Crippen molar-refractivity contribution in [1.29, 1.82) is 0 Å². The Morgan fingerprint density at radius 3 is 2.76 bits per heavy atom.